The Morgan fingerprint density at radius 1 is 1.13 bits per heavy atom. The smallest absolute Gasteiger partial charge is 0.264 e. The first kappa shape index (κ1) is 28.2. The third-order valence-electron chi connectivity index (χ3n) is 7.72. The topological polar surface area (TPSA) is 95.7 Å². The van der Waals surface area contributed by atoms with Crippen LogP contribution in [0.25, 0.3) is 0 Å². The molecule has 2 aliphatic rings. The van der Waals surface area contributed by atoms with E-state index in [0.717, 1.165) is 25.7 Å². The quantitative estimate of drug-likeness (QED) is 0.498. The summed E-state index contributed by atoms with van der Waals surface area (Å²) in [5.74, 6) is 0.0396. The molecule has 38 heavy (non-hydrogen) atoms. The first-order valence-electron chi connectivity index (χ1n) is 13.7. The molecule has 4 atom stereocenters. The molecule has 1 saturated carbocycles. The van der Waals surface area contributed by atoms with E-state index in [9.17, 15) is 18.8 Å². The van der Waals surface area contributed by atoms with Gasteiger partial charge in [0.05, 0.1) is 10.9 Å². The van der Waals surface area contributed by atoms with Crippen LogP contribution in [0, 0.1) is 23.6 Å². The summed E-state index contributed by atoms with van der Waals surface area (Å²) in [6.45, 7) is 6.09. The fourth-order valence-corrected chi connectivity index (χ4v) is 6.45. The molecular weight excluding hydrogens is 503 g/mol. The number of halogens is 1. The van der Waals surface area contributed by atoms with E-state index in [-0.39, 0.29) is 36.2 Å². The van der Waals surface area contributed by atoms with Gasteiger partial charge in [-0.3, -0.25) is 14.4 Å². The molecular formula is C29H39FN4O3S. The van der Waals surface area contributed by atoms with E-state index >= 15 is 0 Å². The summed E-state index contributed by atoms with van der Waals surface area (Å²) in [5.41, 5.74) is 6.21. The Balaban J connectivity index is 1.54. The predicted molar refractivity (Wildman–Crippen MR) is 147 cm³/mol. The summed E-state index contributed by atoms with van der Waals surface area (Å²) in [5, 5.41) is 4.98. The lowest BCUT2D eigenvalue weighted by atomic mass is 9.81. The van der Waals surface area contributed by atoms with Gasteiger partial charge in [0.25, 0.3) is 11.8 Å². The van der Waals surface area contributed by atoms with Crippen molar-refractivity contribution in [2.75, 3.05) is 26.2 Å². The molecule has 0 spiro atoms. The molecule has 7 nitrogen and oxygen atoms in total. The fraction of sp³-hybridized carbons (Fsp3) is 0.552. The van der Waals surface area contributed by atoms with Gasteiger partial charge in [0.15, 0.2) is 0 Å². The number of likely N-dealkylation sites (tertiary alicyclic amines) is 1. The second-order valence-electron chi connectivity index (χ2n) is 11.1. The maximum Gasteiger partial charge on any atom is 0.264 e. The highest BCUT2D eigenvalue weighted by atomic mass is 32.1. The van der Waals surface area contributed by atoms with Crippen LogP contribution >= 0.6 is 11.3 Å². The lowest BCUT2D eigenvalue weighted by Crippen LogP contribution is -2.47. The largest absolute Gasteiger partial charge is 0.354 e. The van der Waals surface area contributed by atoms with Gasteiger partial charge in [0.1, 0.15) is 11.9 Å². The molecule has 4 rings (SSSR count). The molecule has 1 aliphatic carbocycles. The van der Waals surface area contributed by atoms with Crippen molar-refractivity contribution < 1.29 is 18.8 Å². The maximum absolute atomic E-state index is 13.6. The summed E-state index contributed by atoms with van der Waals surface area (Å²) < 4.78 is 13.5. The fourth-order valence-electron chi connectivity index (χ4n) is 5.77. The number of hydrogen-bond acceptors (Lipinski definition) is 5. The molecule has 3 N–H and O–H groups in total. The Kier molecular flexibility index (Phi) is 9.54. The van der Waals surface area contributed by atoms with Crippen LogP contribution in [0.2, 0.25) is 0 Å². The van der Waals surface area contributed by atoms with Crippen molar-refractivity contribution in [1.29, 1.82) is 0 Å². The minimum Gasteiger partial charge on any atom is -0.354 e. The minimum absolute atomic E-state index is 0.0797. The normalized spacial score (nSPS) is 23.4. The van der Waals surface area contributed by atoms with Crippen LogP contribution in [0.1, 0.15) is 66.0 Å². The van der Waals surface area contributed by atoms with Gasteiger partial charge in [-0.05, 0) is 85.7 Å². The predicted octanol–water partition coefficient (Wildman–Crippen LogP) is 4.15. The molecule has 3 amide bonds. The number of thiophene rings is 1. The standard InChI is InChI=1S/C29H39FN4O3S/c1-19(2)17-33(29(37)26-7-4-12-38-26)24-14-25(27(35)32-16-21-6-3-5-20(13-21)15-31)34(18-24)28(36)22-8-10-23(30)11-9-22/h4,7-12,19-21,24-25H,3,5-6,13-18,31H2,1-2H3,(H,32,35). The number of benzene rings is 1. The number of amides is 3. The molecule has 0 radical (unpaired) electrons. The second-order valence-corrected chi connectivity index (χ2v) is 12.0. The number of nitrogens with zero attached hydrogens (tertiary/aromatic N) is 2. The average Bonchev–Trinajstić information content (AvgIpc) is 3.61. The van der Waals surface area contributed by atoms with E-state index in [1.807, 2.05) is 30.2 Å². The second kappa shape index (κ2) is 12.8. The average molecular weight is 543 g/mol. The third-order valence-corrected chi connectivity index (χ3v) is 8.58. The number of carbonyl (C=O) groups is 3. The first-order chi connectivity index (χ1) is 18.3. The molecule has 1 saturated heterocycles. The van der Waals surface area contributed by atoms with Crippen LogP contribution in [0.5, 0.6) is 0 Å². The van der Waals surface area contributed by atoms with Gasteiger partial charge in [0, 0.05) is 25.2 Å². The lowest BCUT2D eigenvalue weighted by molar-refractivity contribution is -0.125. The van der Waals surface area contributed by atoms with Crippen molar-refractivity contribution in [3.05, 3.63) is 58.0 Å². The highest BCUT2D eigenvalue weighted by Gasteiger charge is 2.43. The number of nitrogens with two attached hydrogens (primary N) is 1. The van der Waals surface area contributed by atoms with E-state index in [2.05, 4.69) is 5.32 Å². The number of nitrogens with one attached hydrogen (secondary N) is 1. The summed E-state index contributed by atoms with van der Waals surface area (Å²) >= 11 is 1.39. The van der Waals surface area contributed by atoms with Crippen LogP contribution < -0.4 is 11.1 Å². The summed E-state index contributed by atoms with van der Waals surface area (Å²) in [7, 11) is 0. The van der Waals surface area contributed by atoms with Crippen molar-refractivity contribution in [3.8, 4) is 0 Å². The van der Waals surface area contributed by atoms with Gasteiger partial charge in [-0.2, -0.15) is 0 Å². The number of hydrogen-bond donors (Lipinski definition) is 2. The Hall–Kier alpha value is -2.78. The lowest BCUT2D eigenvalue weighted by Gasteiger charge is -2.30. The Labute approximate surface area is 228 Å². The zero-order valence-corrected chi connectivity index (χ0v) is 23.1. The van der Waals surface area contributed by atoms with E-state index in [0.29, 0.717) is 48.3 Å². The minimum atomic E-state index is -0.711. The molecule has 4 unspecified atom stereocenters. The zero-order valence-electron chi connectivity index (χ0n) is 22.3. The van der Waals surface area contributed by atoms with Gasteiger partial charge in [-0.25, -0.2) is 4.39 Å². The van der Waals surface area contributed by atoms with Crippen LogP contribution in [0.15, 0.2) is 41.8 Å². The van der Waals surface area contributed by atoms with Crippen molar-refractivity contribution >= 4 is 29.1 Å². The Morgan fingerprint density at radius 3 is 2.53 bits per heavy atom. The summed E-state index contributed by atoms with van der Waals surface area (Å²) in [4.78, 5) is 44.6. The van der Waals surface area contributed by atoms with E-state index in [1.54, 1.807) is 11.0 Å². The summed E-state index contributed by atoms with van der Waals surface area (Å²) in [6, 6.07) is 8.02. The highest BCUT2D eigenvalue weighted by molar-refractivity contribution is 7.12. The molecule has 1 aliphatic heterocycles. The molecule has 2 aromatic rings. The Morgan fingerprint density at radius 2 is 1.87 bits per heavy atom. The van der Waals surface area contributed by atoms with E-state index < -0.39 is 11.9 Å². The number of rotatable bonds is 9. The zero-order chi connectivity index (χ0) is 27.2. The van der Waals surface area contributed by atoms with Crippen molar-refractivity contribution in [1.82, 2.24) is 15.1 Å². The third kappa shape index (κ3) is 6.80. The SMILES string of the molecule is CC(C)CN(C(=O)c1cccs1)C1CC(C(=O)NCC2CCCC(CN)C2)N(C(=O)c2ccc(F)cc2)C1. The Bertz CT molecular complexity index is 1090. The van der Waals surface area contributed by atoms with Gasteiger partial charge in [-0.1, -0.05) is 26.3 Å². The van der Waals surface area contributed by atoms with Gasteiger partial charge in [0.2, 0.25) is 5.91 Å². The molecule has 2 heterocycles. The first-order valence-corrected chi connectivity index (χ1v) is 14.5. The molecule has 1 aromatic carbocycles. The van der Waals surface area contributed by atoms with Crippen LogP contribution in [0.4, 0.5) is 4.39 Å². The molecule has 0 bridgehead atoms. The van der Waals surface area contributed by atoms with Gasteiger partial charge in [-0.15, -0.1) is 11.3 Å². The van der Waals surface area contributed by atoms with Crippen molar-refractivity contribution in [2.45, 2.75) is 58.0 Å². The monoisotopic (exact) mass is 542 g/mol. The van der Waals surface area contributed by atoms with Gasteiger partial charge >= 0.3 is 0 Å². The van der Waals surface area contributed by atoms with E-state index in [4.69, 9.17) is 5.73 Å². The molecule has 206 valence electrons. The van der Waals surface area contributed by atoms with E-state index in [1.165, 1.54) is 35.6 Å². The van der Waals surface area contributed by atoms with Crippen LogP contribution in [-0.2, 0) is 4.79 Å². The van der Waals surface area contributed by atoms with Crippen molar-refractivity contribution in [3.63, 3.8) is 0 Å². The van der Waals surface area contributed by atoms with Crippen LogP contribution in [0.3, 0.4) is 0 Å². The molecule has 9 heteroatoms. The van der Waals surface area contributed by atoms with Gasteiger partial charge < -0.3 is 20.9 Å². The number of carbonyl (C=O) groups excluding carboxylic acids is 3. The van der Waals surface area contributed by atoms with Crippen LogP contribution in [-0.4, -0.2) is 65.8 Å². The van der Waals surface area contributed by atoms with Crippen molar-refractivity contribution in [2.24, 2.45) is 23.5 Å². The summed E-state index contributed by atoms with van der Waals surface area (Å²) in [6.07, 6.45) is 4.66. The highest BCUT2D eigenvalue weighted by Crippen LogP contribution is 2.30. The molecule has 1 aromatic heterocycles. The maximum atomic E-state index is 13.6. The molecule has 2 fully saturated rings.